The van der Waals surface area contributed by atoms with Crippen LogP contribution in [0.25, 0.3) is 0 Å². The van der Waals surface area contributed by atoms with Gasteiger partial charge in [0.25, 0.3) is 0 Å². The lowest BCUT2D eigenvalue weighted by molar-refractivity contribution is 0.261. The zero-order valence-electron chi connectivity index (χ0n) is 9.46. The summed E-state index contributed by atoms with van der Waals surface area (Å²) in [7, 11) is 0. The van der Waals surface area contributed by atoms with Gasteiger partial charge in [-0.3, -0.25) is 5.32 Å². The van der Waals surface area contributed by atoms with Crippen LogP contribution >= 0.6 is 31.9 Å². The van der Waals surface area contributed by atoms with Gasteiger partial charge in [0, 0.05) is 16.2 Å². The molecular weight excluding hydrogens is 364 g/mol. The number of rotatable bonds is 2. The van der Waals surface area contributed by atoms with Gasteiger partial charge >= 0.3 is 6.03 Å². The SMILES string of the molecule is Cc1cc(NC(=O)Nc2ccc(Br)o2)ccc1Br. The summed E-state index contributed by atoms with van der Waals surface area (Å²) >= 11 is 6.57. The average Bonchev–Trinajstić information content (AvgIpc) is 2.69. The molecule has 2 aromatic rings. The van der Waals surface area contributed by atoms with Crippen molar-refractivity contribution in [2.24, 2.45) is 0 Å². The standard InChI is InChI=1S/C12H10Br2N2O2/c1-7-6-8(2-3-9(7)13)15-12(17)16-11-5-4-10(14)18-11/h2-6H,1H3,(H2,15,16,17). The van der Waals surface area contributed by atoms with Crippen molar-refractivity contribution in [2.75, 3.05) is 10.6 Å². The predicted octanol–water partition coefficient (Wildman–Crippen LogP) is 4.76. The Morgan fingerprint density at radius 2 is 1.94 bits per heavy atom. The highest BCUT2D eigenvalue weighted by molar-refractivity contribution is 9.10. The van der Waals surface area contributed by atoms with Crippen molar-refractivity contribution in [1.82, 2.24) is 0 Å². The van der Waals surface area contributed by atoms with Gasteiger partial charge < -0.3 is 9.73 Å². The minimum atomic E-state index is -0.349. The summed E-state index contributed by atoms with van der Waals surface area (Å²) in [6, 6.07) is 8.60. The first-order chi connectivity index (χ1) is 8.54. The average molecular weight is 374 g/mol. The van der Waals surface area contributed by atoms with Crippen LogP contribution in [0, 0.1) is 6.92 Å². The molecule has 0 atom stereocenters. The molecule has 0 radical (unpaired) electrons. The Balaban J connectivity index is 2.00. The number of carbonyl (C=O) groups is 1. The molecule has 0 unspecified atom stereocenters. The van der Waals surface area contributed by atoms with Gasteiger partial charge in [-0.1, -0.05) is 15.9 Å². The van der Waals surface area contributed by atoms with Crippen LogP contribution in [0.4, 0.5) is 16.4 Å². The van der Waals surface area contributed by atoms with Crippen LogP contribution in [-0.2, 0) is 0 Å². The summed E-state index contributed by atoms with van der Waals surface area (Å²) in [6.45, 7) is 1.96. The van der Waals surface area contributed by atoms with E-state index >= 15 is 0 Å². The quantitative estimate of drug-likeness (QED) is 0.797. The van der Waals surface area contributed by atoms with E-state index < -0.39 is 0 Å². The molecule has 2 amide bonds. The van der Waals surface area contributed by atoms with Crippen LogP contribution in [-0.4, -0.2) is 6.03 Å². The third-order valence-electron chi connectivity index (χ3n) is 2.23. The minimum Gasteiger partial charge on any atom is -0.434 e. The fourth-order valence-corrected chi connectivity index (χ4v) is 1.93. The molecule has 18 heavy (non-hydrogen) atoms. The Labute approximate surface area is 121 Å². The van der Waals surface area contributed by atoms with E-state index in [4.69, 9.17) is 4.42 Å². The second kappa shape index (κ2) is 5.58. The predicted molar refractivity (Wildman–Crippen MR) is 77.9 cm³/mol. The van der Waals surface area contributed by atoms with Crippen molar-refractivity contribution in [2.45, 2.75) is 6.92 Å². The summed E-state index contributed by atoms with van der Waals surface area (Å²) < 4.78 is 6.74. The molecule has 94 valence electrons. The third-order valence-corrected chi connectivity index (χ3v) is 3.54. The number of amides is 2. The van der Waals surface area contributed by atoms with Gasteiger partial charge in [0.15, 0.2) is 4.67 Å². The third kappa shape index (κ3) is 3.36. The second-order valence-corrected chi connectivity index (χ2v) is 5.28. The summed E-state index contributed by atoms with van der Waals surface area (Å²) in [5, 5.41) is 5.31. The van der Waals surface area contributed by atoms with Crippen LogP contribution in [0.2, 0.25) is 0 Å². The molecule has 2 rings (SSSR count). The fourth-order valence-electron chi connectivity index (χ4n) is 1.38. The van der Waals surface area contributed by atoms with Gasteiger partial charge in [-0.2, -0.15) is 0 Å². The Kier molecular flexibility index (Phi) is 4.08. The Morgan fingerprint density at radius 1 is 1.17 bits per heavy atom. The highest BCUT2D eigenvalue weighted by atomic mass is 79.9. The van der Waals surface area contributed by atoms with Gasteiger partial charge in [-0.05, 0) is 52.7 Å². The van der Waals surface area contributed by atoms with Gasteiger partial charge in [0.05, 0.1) is 0 Å². The van der Waals surface area contributed by atoms with Crippen molar-refractivity contribution in [3.05, 3.63) is 45.0 Å². The van der Waals surface area contributed by atoms with Crippen LogP contribution in [0.5, 0.6) is 0 Å². The molecule has 0 spiro atoms. The van der Waals surface area contributed by atoms with Crippen LogP contribution in [0.15, 0.2) is 43.9 Å². The molecular formula is C12H10Br2N2O2. The summed E-state index contributed by atoms with van der Waals surface area (Å²) in [6.07, 6.45) is 0. The first kappa shape index (κ1) is 13.2. The van der Waals surface area contributed by atoms with E-state index in [0.717, 1.165) is 15.7 Å². The lowest BCUT2D eigenvalue weighted by atomic mass is 10.2. The van der Waals surface area contributed by atoms with Crippen molar-refractivity contribution in [3.63, 3.8) is 0 Å². The minimum absolute atomic E-state index is 0.349. The second-order valence-electron chi connectivity index (χ2n) is 3.65. The van der Waals surface area contributed by atoms with E-state index in [1.165, 1.54) is 0 Å². The van der Waals surface area contributed by atoms with E-state index in [-0.39, 0.29) is 6.03 Å². The first-order valence-corrected chi connectivity index (χ1v) is 6.73. The molecule has 0 aliphatic carbocycles. The Bertz CT molecular complexity index is 581. The zero-order chi connectivity index (χ0) is 13.1. The maximum atomic E-state index is 11.7. The molecule has 0 bridgehead atoms. The van der Waals surface area contributed by atoms with E-state index in [9.17, 15) is 4.79 Å². The number of hydrogen-bond acceptors (Lipinski definition) is 2. The highest BCUT2D eigenvalue weighted by Crippen LogP contribution is 2.21. The van der Waals surface area contributed by atoms with Crippen LogP contribution in [0.3, 0.4) is 0 Å². The monoisotopic (exact) mass is 372 g/mol. The van der Waals surface area contributed by atoms with Gasteiger partial charge in [-0.15, -0.1) is 0 Å². The molecule has 0 aliphatic rings. The first-order valence-electron chi connectivity index (χ1n) is 5.14. The van der Waals surface area contributed by atoms with Crippen molar-refractivity contribution < 1.29 is 9.21 Å². The van der Waals surface area contributed by atoms with E-state index in [0.29, 0.717) is 10.6 Å². The number of urea groups is 1. The number of nitrogens with one attached hydrogen (secondary N) is 2. The number of anilines is 2. The zero-order valence-corrected chi connectivity index (χ0v) is 12.6. The smallest absolute Gasteiger partial charge is 0.326 e. The number of hydrogen-bond donors (Lipinski definition) is 2. The number of halogens is 2. The molecule has 6 heteroatoms. The lowest BCUT2D eigenvalue weighted by Crippen LogP contribution is -2.19. The van der Waals surface area contributed by atoms with E-state index in [1.807, 2.05) is 25.1 Å². The molecule has 1 aromatic carbocycles. The number of aryl methyl sites for hydroxylation is 1. The van der Waals surface area contributed by atoms with E-state index in [1.54, 1.807) is 12.1 Å². The van der Waals surface area contributed by atoms with Crippen molar-refractivity contribution >= 4 is 49.5 Å². The largest absolute Gasteiger partial charge is 0.434 e. The molecule has 1 heterocycles. The van der Waals surface area contributed by atoms with Crippen LogP contribution in [0.1, 0.15) is 5.56 Å². The van der Waals surface area contributed by atoms with Gasteiger partial charge in [0.1, 0.15) is 0 Å². The molecule has 0 fully saturated rings. The Morgan fingerprint density at radius 3 is 2.56 bits per heavy atom. The molecule has 2 N–H and O–H groups in total. The lowest BCUT2D eigenvalue weighted by Gasteiger charge is -2.07. The summed E-state index contributed by atoms with van der Waals surface area (Å²) in [5.41, 5.74) is 1.77. The normalized spacial score (nSPS) is 10.2. The van der Waals surface area contributed by atoms with Gasteiger partial charge in [-0.25, -0.2) is 4.79 Å². The van der Waals surface area contributed by atoms with Crippen molar-refractivity contribution in [1.29, 1.82) is 0 Å². The molecule has 0 saturated heterocycles. The summed E-state index contributed by atoms with van der Waals surface area (Å²) in [5.74, 6) is 0.383. The Hall–Kier alpha value is -1.27. The highest BCUT2D eigenvalue weighted by Gasteiger charge is 2.06. The number of furan rings is 1. The summed E-state index contributed by atoms with van der Waals surface area (Å²) in [4.78, 5) is 11.7. The number of benzene rings is 1. The number of carbonyl (C=O) groups excluding carboxylic acids is 1. The topological polar surface area (TPSA) is 54.3 Å². The maximum Gasteiger partial charge on any atom is 0.326 e. The van der Waals surface area contributed by atoms with Crippen molar-refractivity contribution in [3.8, 4) is 0 Å². The maximum absolute atomic E-state index is 11.7. The van der Waals surface area contributed by atoms with Crippen LogP contribution < -0.4 is 10.6 Å². The molecule has 0 saturated carbocycles. The fraction of sp³-hybridized carbons (Fsp3) is 0.0833. The molecule has 4 nitrogen and oxygen atoms in total. The molecule has 1 aromatic heterocycles. The van der Waals surface area contributed by atoms with Gasteiger partial charge in [0.2, 0.25) is 5.88 Å². The molecule has 0 aliphatic heterocycles. The van der Waals surface area contributed by atoms with E-state index in [2.05, 4.69) is 42.5 Å².